The Hall–Kier alpha value is -1.32. The van der Waals surface area contributed by atoms with E-state index < -0.39 is 12.1 Å². The van der Waals surface area contributed by atoms with E-state index >= 15 is 0 Å². The fraction of sp³-hybridized carbons (Fsp3) is 0.556. The number of allylic oxidation sites excluding steroid dienone is 1. The van der Waals surface area contributed by atoms with Crippen LogP contribution in [0.1, 0.15) is 20.3 Å². The van der Waals surface area contributed by atoms with Crippen molar-refractivity contribution < 1.29 is 19.1 Å². The van der Waals surface area contributed by atoms with Gasteiger partial charge in [0.25, 0.3) is 0 Å². The molecule has 1 aliphatic rings. The maximum absolute atomic E-state index is 11.4. The summed E-state index contributed by atoms with van der Waals surface area (Å²) in [5.74, 6) is -0.459. The number of hydrogen-bond acceptors (Lipinski definition) is 4. The van der Waals surface area contributed by atoms with Gasteiger partial charge in [-0.05, 0) is 6.92 Å². The van der Waals surface area contributed by atoms with Gasteiger partial charge in [-0.3, -0.25) is 4.79 Å². The highest BCUT2D eigenvalue weighted by Crippen LogP contribution is 2.24. The van der Waals surface area contributed by atoms with E-state index in [-0.39, 0.29) is 11.4 Å². The first-order chi connectivity index (χ1) is 6.11. The van der Waals surface area contributed by atoms with E-state index in [0.29, 0.717) is 12.2 Å². The zero-order valence-electron chi connectivity index (χ0n) is 7.92. The van der Waals surface area contributed by atoms with Crippen molar-refractivity contribution in [2.45, 2.75) is 26.4 Å². The summed E-state index contributed by atoms with van der Waals surface area (Å²) < 4.78 is 9.67. The highest BCUT2D eigenvalue weighted by atomic mass is 16.5. The number of rotatable bonds is 2. The molecule has 1 rings (SSSR count). The Bertz CT molecular complexity index is 277. The Labute approximate surface area is 76.5 Å². The average molecular weight is 184 g/mol. The first-order valence-corrected chi connectivity index (χ1v) is 4.14. The number of Topliss-reactive ketones (excluding diaryl/α,β-unsaturated/α-hetero) is 1. The van der Waals surface area contributed by atoms with E-state index in [0.717, 1.165) is 0 Å². The molecular formula is C9H12O4. The minimum Gasteiger partial charge on any atom is -0.486 e. The molecule has 0 N–H and O–H groups in total. The molecule has 0 bridgehead atoms. The number of ketones is 1. The summed E-state index contributed by atoms with van der Waals surface area (Å²) in [6.45, 7) is 3.44. The van der Waals surface area contributed by atoms with E-state index in [1.54, 1.807) is 6.92 Å². The number of hydrogen-bond donors (Lipinski definition) is 0. The van der Waals surface area contributed by atoms with Gasteiger partial charge < -0.3 is 9.47 Å². The SMILES string of the molecule is CCC1=C(C(=O)OC)C(=O)[C@@H](C)O1. The monoisotopic (exact) mass is 184 g/mol. The second-order valence-corrected chi connectivity index (χ2v) is 2.77. The van der Waals surface area contributed by atoms with Crippen LogP contribution in [0, 0.1) is 0 Å². The van der Waals surface area contributed by atoms with Gasteiger partial charge in [-0.2, -0.15) is 0 Å². The maximum Gasteiger partial charge on any atom is 0.345 e. The van der Waals surface area contributed by atoms with E-state index in [9.17, 15) is 9.59 Å². The van der Waals surface area contributed by atoms with Gasteiger partial charge in [0, 0.05) is 6.42 Å². The number of carbonyl (C=O) groups excluding carboxylic acids is 2. The highest BCUT2D eigenvalue weighted by Gasteiger charge is 2.35. The number of ether oxygens (including phenoxy) is 2. The first-order valence-electron chi connectivity index (χ1n) is 4.14. The van der Waals surface area contributed by atoms with Gasteiger partial charge in [-0.1, -0.05) is 6.92 Å². The Kier molecular flexibility index (Phi) is 2.70. The quantitative estimate of drug-likeness (QED) is 0.470. The fourth-order valence-electron chi connectivity index (χ4n) is 1.24. The third-order valence-electron chi connectivity index (χ3n) is 1.92. The van der Waals surface area contributed by atoms with E-state index in [1.165, 1.54) is 7.11 Å². The van der Waals surface area contributed by atoms with Crippen molar-refractivity contribution in [3.8, 4) is 0 Å². The van der Waals surface area contributed by atoms with Gasteiger partial charge in [-0.25, -0.2) is 4.79 Å². The Morgan fingerprint density at radius 1 is 1.62 bits per heavy atom. The molecule has 0 aromatic carbocycles. The number of carbonyl (C=O) groups is 2. The molecule has 0 saturated heterocycles. The lowest BCUT2D eigenvalue weighted by molar-refractivity contribution is -0.137. The van der Waals surface area contributed by atoms with Crippen LogP contribution >= 0.6 is 0 Å². The van der Waals surface area contributed by atoms with Gasteiger partial charge in [0.15, 0.2) is 6.10 Å². The van der Waals surface area contributed by atoms with Crippen LogP contribution in [0.2, 0.25) is 0 Å². The summed E-state index contributed by atoms with van der Waals surface area (Å²) in [6, 6.07) is 0. The van der Waals surface area contributed by atoms with Crippen LogP contribution in [0.4, 0.5) is 0 Å². The number of esters is 1. The molecule has 0 spiro atoms. The third-order valence-corrected chi connectivity index (χ3v) is 1.92. The molecule has 0 radical (unpaired) electrons. The summed E-state index contributed by atoms with van der Waals surface area (Å²) in [5, 5.41) is 0. The molecule has 1 aliphatic heterocycles. The van der Waals surface area contributed by atoms with E-state index in [4.69, 9.17) is 4.74 Å². The fourth-order valence-corrected chi connectivity index (χ4v) is 1.24. The van der Waals surface area contributed by atoms with Crippen LogP contribution in [0.5, 0.6) is 0 Å². The van der Waals surface area contributed by atoms with Gasteiger partial charge in [0.1, 0.15) is 11.3 Å². The van der Waals surface area contributed by atoms with Gasteiger partial charge >= 0.3 is 5.97 Å². The molecule has 4 heteroatoms. The van der Waals surface area contributed by atoms with E-state index in [1.807, 2.05) is 6.92 Å². The van der Waals surface area contributed by atoms with Crippen molar-refractivity contribution >= 4 is 11.8 Å². The molecule has 0 saturated carbocycles. The standard InChI is InChI=1S/C9H12O4/c1-4-6-7(9(11)12-3)8(10)5(2)13-6/h5H,4H2,1-3H3/t5-/m1/s1. The lowest BCUT2D eigenvalue weighted by Gasteiger charge is -2.02. The Morgan fingerprint density at radius 3 is 2.69 bits per heavy atom. The van der Waals surface area contributed by atoms with Gasteiger partial charge in [-0.15, -0.1) is 0 Å². The van der Waals surface area contributed by atoms with Crippen molar-refractivity contribution in [2.75, 3.05) is 7.11 Å². The molecule has 72 valence electrons. The van der Waals surface area contributed by atoms with Crippen LogP contribution < -0.4 is 0 Å². The zero-order chi connectivity index (χ0) is 10.0. The summed E-state index contributed by atoms with van der Waals surface area (Å²) in [4.78, 5) is 22.5. The molecule has 0 aromatic rings. The van der Waals surface area contributed by atoms with Crippen LogP contribution in [-0.2, 0) is 19.1 Å². The summed E-state index contributed by atoms with van der Waals surface area (Å²) in [7, 11) is 1.25. The second-order valence-electron chi connectivity index (χ2n) is 2.77. The maximum atomic E-state index is 11.4. The van der Waals surface area contributed by atoms with Crippen molar-refractivity contribution in [1.82, 2.24) is 0 Å². The second kappa shape index (κ2) is 3.60. The largest absolute Gasteiger partial charge is 0.486 e. The molecule has 0 amide bonds. The predicted molar refractivity (Wildman–Crippen MR) is 44.9 cm³/mol. The number of methoxy groups -OCH3 is 1. The molecule has 0 aromatic heterocycles. The third kappa shape index (κ3) is 1.56. The van der Waals surface area contributed by atoms with Gasteiger partial charge in [0.05, 0.1) is 7.11 Å². The summed E-state index contributed by atoms with van der Waals surface area (Å²) in [5.41, 5.74) is 0.0671. The molecule has 1 atom stereocenters. The van der Waals surface area contributed by atoms with Crippen molar-refractivity contribution in [2.24, 2.45) is 0 Å². The molecule has 0 aliphatic carbocycles. The minimum atomic E-state index is -0.605. The highest BCUT2D eigenvalue weighted by molar-refractivity contribution is 6.20. The van der Waals surface area contributed by atoms with E-state index in [2.05, 4.69) is 4.74 Å². The summed E-state index contributed by atoms with van der Waals surface area (Å²) in [6.07, 6.45) is -0.0235. The van der Waals surface area contributed by atoms with Crippen LogP contribution in [0.3, 0.4) is 0 Å². The van der Waals surface area contributed by atoms with Crippen molar-refractivity contribution in [1.29, 1.82) is 0 Å². The molecule has 0 unspecified atom stereocenters. The van der Waals surface area contributed by atoms with Crippen LogP contribution in [-0.4, -0.2) is 25.0 Å². The Morgan fingerprint density at radius 2 is 2.23 bits per heavy atom. The van der Waals surface area contributed by atoms with Gasteiger partial charge in [0.2, 0.25) is 5.78 Å². The zero-order valence-corrected chi connectivity index (χ0v) is 7.92. The topological polar surface area (TPSA) is 52.6 Å². The van der Waals surface area contributed by atoms with Crippen molar-refractivity contribution in [3.63, 3.8) is 0 Å². The predicted octanol–water partition coefficient (Wildman–Crippen LogP) is 0.811. The smallest absolute Gasteiger partial charge is 0.345 e. The lowest BCUT2D eigenvalue weighted by atomic mass is 10.1. The molecule has 4 nitrogen and oxygen atoms in total. The molecule has 1 heterocycles. The lowest BCUT2D eigenvalue weighted by Crippen LogP contribution is -2.18. The summed E-state index contributed by atoms with van der Waals surface area (Å²) >= 11 is 0. The van der Waals surface area contributed by atoms with Crippen LogP contribution in [0.15, 0.2) is 11.3 Å². The molecular weight excluding hydrogens is 172 g/mol. The van der Waals surface area contributed by atoms with Crippen LogP contribution in [0.25, 0.3) is 0 Å². The molecule has 0 fully saturated rings. The first kappa shape index (κ1) is 9.77. The van der Waals surface area contributed by atoms with Crippen molar-refractivity contribution in [3.05, 3.63) is 11.3 Å². The Balaban J connectivity index is 3.00. The average Bonchev–Trinajstić information content (AvgIpc) is 2.42. The molecule has 13 heavy (non-hydrogen) atoms. The normalized spacial score (nSPS) is 21.8. The minimum absolute atomic E-state index is 0.0671.